The molecule has 1 saturated heterocycles. The van der Waals surface area contributed by atoms with Gasteiger partial charge in [0.2, 0.25) is 11.8 Å². The van der Waals surface area contributed by atoms with Gasteiger partial charge < -0.3 is 15.3 Å². The van der Waals surface area contributed by atoms with Gasteiger partial charge in [-0.1, -0.05) is 0 Å². The molecule has 1 aliphatic rings. The number of hydrogen-bond donors (Lipinski definition) is 3. The molecule has 4 amide bonds. The molecule has 8 nitrogen and oxygen atoms in total. The molecule has 1 fully saturated rings. The van der Waals surface area contributed by atoms with Gasteiger partial charge in [-0.05, 0) is 6.42 Å². The smallest absolute Gasteiger partial charge is 0.257 e. The summed E-state index contributed by atoms with van der Waals surface area (Å²) in [5, 5.41) is 12.7. The topological polar surface area (TPSA) is 116 Å². The summed E-state index contributed by atoms with van der Waals surface area (Å²) in [6.45, 7) is -0.944. The number of imide groups is 1. The molecule has 0 spiro atoms. The van der Waals surface area contributed by atoms with Crippen LogP contribution in [-0.4, -0.2) is 59.9 Å². The van der Waals surface area contributed by atoms with Crippen LogP contribution in [0.15, 0.2) is 0 Å². The molecule has 0 bridgehead atoms. The summed E-state index contributed by atoms with van der Waals surface area (Å²) in [6.07, 6.45) is -0.325. The minimum atomic E-state index is -2.31. The predicted molar refractivity (Wildman–Crippen MR) is 84.0 cm³/mol. The summed E-state index contributed by atoms with van der Waals surface area (Å²) in [5.41, 5.74) is -2.83. The molecule has 1 aromatic carbocycles. The average Bonchev–Trinajstić information content (AvgIpc) is 2.64. The van der Waals surface area contributed by atoms with E-state index in [0.717, 1.165) is 7.05 Å². The van der Waals surface area contributed by atoms with Crippen molar-refractivity contribution < 1.29 is 41.8 Å². The van der Waals surface area contributed by atoms with Gasteiger partial charge in [0.15, 0.2) is 23.3 Å². The summed E-state index contributed by atoms with van der Waals surface area (Å²) in [5.74, 6) is -13.3. The second kappa shape index (κ2) is 8.33. The van der Waals surface area contributed by atoms with Crippen molar-refractivity contribution in [2.75, 3.05) is 20.2 Å². The zero-order chi connectivity index (χ0) is 21.2. The van der Waals surface area contributed by atoms with Crippen LogP contribution < -0.4 is 10.6 Å². The Labute approximate surface area is 155 Å². The maximum absolute atomic E-state index is 14.3. The Hall–Kier alpha value is -3.02. The minimum absolute atomic E-state index is 0.156. The summed E-state index contributed by atoms with van der Waals surface area (Å²) < 4.78 is 55.8. The Kier molecular flexibility index (Phi) is 6.33. The molecule has 1 heterocycles. The van der Waals surface area contributed by atoms with Gasteiger partial charge in [0.25, 0.3) is 11.8 Å². The van der Waals surface area contributed by atoms with Gasteiger partial charge in [0.1, 0.15) is 6.04 Å². The van der Waals surface area contributed by atoms with Crippen LogP contribution in [0.1, 0.15) is 33.6 Å². The normalized spacial score (nSPS) is 16.6. The molecule has 28 heavy (non-hydrogen) atoms. The van der Waals surface area contributed by atoms with Crippen LogP contribution in [-0.2, 0) is 9.59 Å². The first-order chi connectivity index (χ1) is 13.1. The molecule has 3 N–H and O–H groups in total. The van der Waals surface area contributed by atoms with E-state index in [1.807, 2.05) is 10.6 Å². The van der Waals surface area contributed by atoms with E-state index in [-0.39, 0.29) is 19.4 Å². The number of aliphatic hydroxyl groups excluding tert-OH is 1. The highest BCUT2D eigenvalue weighted by atomic mass is 19.2. The van der Waals surface area contributed by atoms with E-state index in [1.165, 1.54) is 0 Å². The Morgan fingerprint density at radius 2 is 1.68 bits per heavy atom. The summed E-state index contributed by atoms with van der Waals surface area (Å²) in [6, 6.07) is -1.33. The number of benzene rings is 1. The highest BCUT2D eigenvalue weighted by Crippen LogP contribution is 2.26. The number of carbonyl (C=O) groups is 4. The van der Waals surface area contributed by atoms with E-state index < -0.39 is 70.7 Å². The van der Waals surface area contributed by atoms with Crippen molar-refractivity contribution in [1.82, 2.24) is 15.5 Å². The number of nitrogens with one attached hydrogen (secondary N) is 2. The summed E-state index contributed by atoms with van der Waals surface area (Å²) in [4.78, 5) is 48.2. The molecule has 2 rings (SSSR count). The predicted octanol–water partition coefficient (Wildman–Crippen LogP) is -0.158. The Bertz CT molecular complexity index is 861. The number of rotatable bonds is 5. The molecule has 1 unspecified atom stereocenters. The van der Waals surface area contributed by atoms with E-state index in [0.29, 0.717) is 4.90 Å². The fourth-order valence-corrected chi connectivity index (χ4v) is 2.55. The lowest BCUT2D eigenvalue weighted by atomic mass is 10.0. The molecular formula is C16H15F4N3O5. The van der Waals surface area contributed by atoms with Crippen LogP contribution >= 0.6 is 0 Å². The number of likely N-dealkylation sites (N-methyl/N-ethyl adjacent to an activating group) is 1. The maximum Gasteiger partial charge on any atom is 0.257 e. The minimum Gasteiger partial charge on any atom is -0.395 e. The standard InChI is InChI=1S/C16H15F4N3O5/c1-23(4-5-24)16(28)9-8(10(17)12(19)13(20)11(9)18)15(27)21-6-2-3-7(25)22-14(6)26/h6,24H,2-5H2,1H3,(H,21,27)(H,22,25,26). The molecule has 0 radical (unpaired) electrons. The number of halogens is 4. The molecule has 1 aromatic rings. The number of piperidine rings is 1. The molecule has 0 aromatic heterocycles. The molecule has 152 valence electrons. The quantitative estimate of drug-likeness (QED) is 0.273. The van der Waals surface area contributed by atoms with E-state index in [4.69, 9.17) is 5.11 Å². The number of amides is 4. The highest BCUT2D eigenvalue weighted by molar-refractivity contribution is 6.09. The zero-order valence-electron chi connectivity index (χ0n) is 14.4. The van der Waals surface area contributed by atoms with Gasteiger partial charge in [-0.25, -0.2) is 17.6 Å². The van der Waals surface area contributed by atoms with E-state index in [1.54, 1.807) is 0 Å². The molecule has 0 saturated carbocycles. The lowest BCUT2D eigenvalue weighted by molar-refractivity contribution is -0.134. The molecular weight excluding hydrogens is 390 g/mol. The fraction of sp³-hybridized carbons (Fsp3) is 0.375. The van der Waals surface area contributed by atoms with E-state index in [9.17, 15) is 36.7 Å². The van der Waals surface area contributed by atoms with E-state index >= 15 is 0 Å². The maximum atomic E-state index is 14.3. The number of aliphatic hydroxyl groups is 1. The first-order valence-corrected chi connectivity index (χ1v) is 7.96. The molecule has 1 aliphatic heterocycles. The van der Waals surface area contributed by atoms with Crippen LogP contribution in [0.3, 0.4) is 0 Å². The first-order valence-electron chi connectivity index (χ1n) is 7.96. The largest absolute Gasteiger partial charge is 0.395 e. The van der Waals surface area contributed by atoms with Crippen molar-refractivity contribution >= 4 is 23.6 Å². The van der Waals surface area contributed by atoms with Crippen LogP contribution in [0.5, 0.6) is 0 Å². The molecule has 12 heteroatoms. The van der Waals surface area contributed by atoms with Crippen molar-refractivity contribution in [3.8, 4) is 0 Å². The Balaban J connectivity index is 2.49. The lowest BCUT2D eigenvalue weighted by Crippen LogP contribution is -2.52. The van der Waals surface area contributed by atoms with Crippen molar-refractivity contribution in [2.24, 2.45) is 0 Å². The molecule has 1 atom stereocenters. The van der Waals surface area contributed by atoms with Gasteiger partial charge in [0.05, 0.1) is 17.7 Å². The van der Waals surface area contributed by atoms with Gasteiger partial charge in [0, 0.05) is 20.0 Å². The van der Waals surface area contributed by atoms with E-state index in [2.05, 4.69) is 0 Å². The third-order valence-corrected chi connectivity index (χ3v) is 4.03. The third-order valence-electron chi connectivity index (χ3n) is 4.03. The zero-order valence-corrected chi connectivity index (χ0v) is 14.4. The highest BCUT2D eigenvalue weighted by Gasteiger charge is 2.36. The lowest BCUT2D eigenvalue weighted by Gasteiger charge is -2.23. The van der Waals surface area contributed by atoms with Gasteiger partial charge >= 0.3 is 0 Å². The van der Waals surface area contributed by atoms with Crippen LogP contribution in [0.25, 0.3) is 0 Å². The van der Waals surface area contributed by atoms with Crippen molar-refractivity contribution in [2.45, 2.75) is 18.9 Å². The summed E-state index contributed by atoms with van der Waals surface area (Å²) >= 11 is 0. The van der Waals surface area contributed by atoms with Crippen LogP contribution in [0, 0.1) is 23.3 Å². The second-order valence-electron chi connectivity index (χ2n) is 5.93. The second-order valence-corrected chi connectivity index (χ2v) is 5.93. The number of hydrogen-bond acceptors (Lipinski definition) is 5. The molecule has 0 aliphatic carbocycles. The number of nitrogens with zero attached hydrogens (tertiary/aromatic N) is 1. The van der Waals surface area contributed by atoms with Gasteiger partial charge in [-0.2, -0.15) is 0 Å². The van der Waals surface area contributed by atoms with Crippen molar-refractivity contribution in [1.29, 1.82) is 0 Å². The van der Waals surface area contributed by atoms with Crippen molar-refractivity contribution in [3.63, 3.8) is 0 Å². The van der Waals surface area contributed by atoms with Gasteiger partial charge in [-0.3, -0.25) is 24.5 Å². The average molecular weight is 405 g/mol. The fourth-order valence-electron chi connectivity index (χ4n) is 2.55. The van der Waals surface area contributed by atoms with Crippen LogP contribution in [0.2, 0.25) is 0 Å². The van der Waals surface area contributed by atoms with Crippen molar-refractivity contribution in [3.05, 3.63) is 34.4 Å². The number of carbonyl (C=O) groups excluding carboxylic acids is 4. The van der Waals surface area contributed by atoms with Crippen LogP contribution in [0.4, 0.5) is 17.6 Å². The third kappa shape index (κ3) is 3.96. The summed E-state index contributed by atoms with van der Waals surface area (Å²) in [7, 11) is 1.05. The monoisotopic (exact) mass is 405 g/mol. The first kappa shape index (κ1) is 21.3. The Morgan fingerprint density at radius 3 is 2.21 bits per heavy atom. The SMILES string of the molecule is CN(CCO)C(=O)c1c(F)c(F)c(F)c(F)c1C(=O)NC1CCC(=O)NC1=O. The Morgan fingerprint density at radius 1 is 1.11 bits per heavy atom. The van der Waals surface area contributed by atoms with Gasteiger partial charge in [-0.15, -0.1) is 0 Å².